The van der Waals surface area contributed by atoms with Gasteiger partial charge in [-0.25, -0.2) is 13.8 Å². The van der Waals surface area contributed by atoms with Crippen LogP contribution in [-0.2, 0) is 6.61 Å². The molecular formula is C17H19F2N3O. The molecule has 23 heavy (non-hydrogen) atoms. The minimum absolute atomic E-state index is 0.132. The van der Waals surface area contributed by atoms with Crippen LogP contribution < -0.4 is 9.64 Å². The highest BCUT2D eigenvalue weighted by Gasteiger charge is 2.15. The summed E-state index contributed by atoms with van der Waals surface area (Å²) in [4.78, 5) is 11.1. The summed E-state index contributed by atoms with van der Waals surface area (Å²) in [6.45, 7) is 3.92. The van der Waals surface area contributed by atoms with Crippen molar-refractivity contribution in [2.45, 2.75) is 32.8 Å². The van der Waals surface area contributed by atoms with Crippen molar-refractivity contribution in [3.63, 3.8) is 0 Å². The van der Waals surface area contributed by atoms with Gasteiger partial charge in [0.15, 0.2) is 11.6 Å². The third-order valence-corrected chi connectivity index (χ3v) is 3.83. The average molecular weight is 319 g/mol. The Balaban J connectivity index is 1.71. The molecule has 2 aromatic rings. The molecule has 0 bridgehead atoms. The first-order valence-electron chi connectivity index (χ1n) is 7.79. The van der Waals surface area contributed by atoms with E-state index in [9.17, 15) is 8.78 Å². The minimum atomic E-state index is -0.876. The van der Waals surface area contributed by atoms with Crippen LogP contribution in [0.25, 0.3) is 0 Å². The SMILES string of the molecule is Cc1cc(OCc2ccc(F)c(F)c2)nc(N2CCCCC2)n1. The molecule has 0 atom stereocenters. The standard InChI is InChI=1S/C17H19F2N3O/c1-12-9-16(21-17(20-12)22-7-3-2-4-8-22)23-11-13-5-6-14(18)15(19)10-13/h5-6,9-10H,2-4,7-8,11H2,1H3. The molecule has 0 spiro atoms. The number of nitrogens with zero attached hydrogens (tertiary/aromatic N) is 3. The third kappa shape index (κ3) is 3.94. The minimum Gasteiger partial charge on any atom is -0.473 e. The number of aryl methyl sites for hydroxylation is 1. The molecule has 0 N–H and O–H groups in total. The Morgan fingerprint density at radius 3 is 2.57 bits per heavy atom. The lowest BCUT2D eigenvalue weighted by molar-refractivity contribution is 0.292. The van der Waals surface area contributed by atoms with Crippen LogP contribution >= 0.6 is 0 Å². The number of rotatable bonds is 4. The molecule has 1 aromatic heterocycles. The molecule has 1 fully saturated rings. The van der Waals surface area contributed by atoms with E-state index in [0.717, 1.165) is 43.8 Å². The van der Waals surface area contributed by atoms with Gasteiger partial charge in [-0.3, -0.25) is 0 Å². The second kappa shape index (κ2) is 6.89. The van der Waals surface area contributed by atoms with Crippen molar-refractivity contribution < 1.29 is 13.5 Å². The Morgan fingerprint density at radius 2 is 1.83 bits per heavy atom. The number of aromatic nitrogens is 2. The summed E-state index contributed by atoms with van der Waals surface area (Å²) < 4.78 is 31.8. The van der Waals surface area contributed by atoms with Crippen molar-refractivity contribution in [2.24, 2.45) is 0 Å². The Bertz CT molecular complexity index is 688. The Hall–Kier alpha value is -2.24. The lowest BCUT2D eigenvalue weighted by atomic mass is 10.1. The summed E-state index contributed by atoms with van der Waals surface area (Å²) >= 11 is 0. The van der Waals surface area contributed by atoms with Crippen LogP contribution in [0.1, 0.15) is 30.5 Å². The highest BCUT2D eigenvalue weighted by atomic mass is 19.2. The molecule has 0 amide bonds. The maximum absolute atomic E-state index is 13.2. The molecule has 0 radical (unpaired) electrons. The van der Waals surface area contributed by atoms with Crippen LogP contribution in [0.3, 0.4) is 0 Å². The van der Waals surface area contributed by atoms with E-state index in [1.807, 2.05) is 6.92 Å². The number of ether oxygens (including phenoxy) is 1. The van der Waals surface area contributed by atoms with Gasteiger partial charge in [0.25, 0.3) is 0 Å². The van der Waals surface area contributed by atoms with E-state index in [1.165, 1.54) is 12.5 Å². The lowest BCUT2D eigenvalue weighted by Crippen LogP contribution is -2.31. The monoisotopic (exact) mass is 319 g/mol. The normalized spacial score (nSPS) is 14.8. The third-order valence-electron chi connectivity index (χ3n) is 3.83. The van der Waals surface area contributed by atoms with Gasteiger partial charge in [-0.15, -0.1) is 0 Å². The van der Waals surface area contributed by atoms with Gasteiger partial charge in [0.1, 0.15) is 6.61 Å². The predicted molar refractivity (Wildman–Crippen MR) is 83.5 cm³/mol. The fourth-order valence-electron chi connectivity index (χ4n) is 2.62. The second-order valence-electron chi connectivity index (χ2n) is 5.73. The largest absolute Gasteiger partial charge is 0.473 e. The van der Waals surface area contributed by atoms with Crippen molar-refractivity contribution in [2.75, 3.05) is 18.0 Å². The van der Waals surface area contributed by atoms with Crippen LogP contribution in [0, 0.1) is 18.6 Å². The second-order valence-corrected chi connectivity index (χ2v) is 5.73. The van der Waals surface area contributed by atoms with Crippen molar-refractivity contribution >= 4 is 5.95 Å². The zero-order valence-corrected chi connectivity index (χ0v) is 13.1. The highest BCUT2D eigenvalue weighted by Crippen LogP contribution is 2.20. The van der Waals surface area contributed by atoms with Gasteiger partial charge in [-0.05, 0) is 43.9 Å². The first-order valence-corrected chi connectivity index (χ1v) is 7.79. The first-order chi connectivity index (χ1) is 11.1. The molecule has 2 heterocycles. The van der Waals surface area contributed by atoms with Gasteiger partial charge in [-0.1, -0.05) is 6.07 Å². The molecular weight excluding hydrogens is 300 g/mol. The van der Waals surface area contributed by atoms with Gasteiger partial charge in [-0.2, -0.15) is 4.98 Å². The number of anilines is 1. The molecule has 1 saturated heterocycles. The fraction of sp³-hybridized carbons (Fsp3) is 0.412. The molecule has 4 nitrogen and oxygen atoms in total. The van der Waals surface area contributed by atoms with Gasteiger partial charge >= 0.3 is 0 Å². The molecule has 122 valence electrons. The van der Waals surface area contributed by atoms with Gasteiger partial charge in [0, 0.05) is 24.8 Å². The van der Waals surface area contributed by atoms with Crippen LogP contribution in [0.5, 0.6) is 5.88 Å². The zero-order chi connectivity index (χ0) is 16.2. The molecule has 0 unspecified atom stereocenters. The van der Waals surface area contributed by atoms with Crippen molar-refractivity contribution in [1.29, 1.82) is 0 Å². The van der Waals surface area contributed by atoms with E-state index in [-0.39, 0.29) is 6.61 Å². The van der Waals surface area contributed by atoms with E-state index in [2.05, 4.69) is 14.9 Å². The van der Waals surface area contributed by atoms with E-state index in [1.54, 1.807) is 6.07 Å². The van der Waals surface area contributed by atoms with E-state index in [4.69, 9.17) is 4.74 Å². The fourth-order valence-corrected chi connectivity index (χ4v) is 2.62. The van der Waals surface area contributed by atoms with Gasteiger partial charge in [0.2, 0.25) is 11.8 Å². The Morgan fingerprint density at radius 1 is 1.04 bits per heavy atom. The maximum Gasteiger partial charge on any atom is 0.228 e. The van der Waals surface area contributed by atoms with Gasteiger partial charge < -0.3 is 9.64 Å². The van der Waals surface area contributed by atoms with E-state index >= 15 is 0 Å². The summed E-state index contributed by atoms with van der Waals surface area (Å²) in [6, 6.07) is 5.47. The van der Waals surface area contributed by atoms with Crippen LogP contribution in [0.15, 0.2) is 24.3 Å². The molecule has 1 aliphatic rings. The number of piperidine rings is 1. The van der Waals surface area contributed by atoms with Crippen LogP contribution in [0.2, 0.25) is 0 Å². The number of benzene rings is 1. The predicted octanol–water partition coefficient (Wildman–Crippen LogP) is 3.63. The lowest BCUT2D eigenvalue weighted by Gasteiger charge is -2.27. The van der Waals surface area contributed by atoms with Crippen LogP contribution in [-0.4, -0.2) is 23.1 Å². The summed E-state index contributed by atoms with van der Waals surface area (Å²) in [5.41, 5.74) is 1.38. The number of hydrogen-bond donors (Lipinski definition) is 0. The topological polar surface area (TPSA) is 38.2 Å². The number of halogens is 2. The zero-order valence-electron chi connectivity index (χ0n) is 13.1. The van der Waals surface area contributed by atoms with Crippen LogP contribution in [0.4, 0.5) is 14.7 Å². The van der Waals surface area contributed by atoms with Crippen molar-refractivity contribution in [3.8, 4) is 5.88 Å². The van der Waals surface area contributed by atoms with Crippen molar-refractivity contribution in [1.82, 2.24) is 9.97 Å². The maximum atomic E-state index is 13.2. The average Bonchev–Trinajstić information content (AvgIpc) is 2.56. The quantitative estimate of drug-likeness (QED) is 0.862. The summed E-state index contributed by atoms with van der Waals surface area (Å²) in [6.07, 6.45) is 3.52. The van der Waals surface area contributed by atoms with Crippen molar-refractivity contribution in [3.05, 3.63) is 47.2 Å². The van der Waals surface area contributed by atoms with Gasteiger partial charge in [0.05, 0.1) is 0 Å². The summed E-state index contributed by atoms with van der Waals surface area (Å²) in [7, 11) is 0. The molecule has 1 aliphatic heterocycles. The smallest absolute Gasteiger partial charge is 0.228 e. The van der Waals surface area contributed by atoms with E-state index in [0.29, 0.717) is 17.4 Å². The Kier molecular flexibility index (Phi) is 4.69. The first kappa shape index (κ1) is 15.6. The molecule has 0 saturated carbocycles. The van der Waals surface area contributed by atoms with E-state index < -0.39 is 11.6 Å². The molecule has 0 aliphatic carbocycles. The molecule has 1 aromatic carbocycles. The highest BCUT2D eigenvalue weighted by molar-refractivity contribution is 5.34. The Labute approximate surface area is 134 Å². The molecule has 6 heteroatoms. The molecule has 3 rings (SSSR count). The number of hydrogen-bond acceptors (Lipinski definition) is 4. The summed E-state index contributed by atoms with van der Waals surface area (Å²) in [5.74, 6) is -0.620. The summed E-state index contributed by atoms with van der Waals surface area (Å²) in [5, 5.41) is 0.